The van der Waals surface area contributed by atoms with Crippen LogP contribution >= 0.6 is 11.3 Å². The molecule has 0 N–H and O–H groups in total. The van der Waals surface area contributed by atoms with Crippen LogP contribution in [0.4, 0.5) is 0 Å². The average molecular weight is 328 g/mol. The topological polar surface area (TPSA) is 61.2 Å². The molecule has 3 rings (SSSR count). The van der Waals surface area contributed by atoms with Crippen LogP contribution in [0.3, 0.4) is 0 Å². The second-order valence-electron chi connectivity index (χ2n) is 5.13. The molecule has 0 aliphatic heterocycles. The smallest absolute Gasteiger partial charge is 0.262 e. The number of hydrogen-bond donors (Lipinski definition) is 0. The predicted octanol–water partition coefficient (Wildman–Crippen LogP) is 3.11. The van der Waals surface area contributed by atoms with Crippen molar-refractivity contribution in [1.82, 2.24) is 9.55 Å². The minimum atomic E-state index is -0.0908. The summed E-state index contributed by atoms with van der Waals surface area (Å²) >= 11 is 1.44. The van der Waals surface area contributed by atoms with Gasteiger partial charge in [0.2, 0.25) is 0 Å². The Morgan fingerprint density at radius 3 is 2.91 bits per heavy atom. The first-order valence-electron chi connectivity index (χ1n) is 7.29. The lowest BCUT2D eigenvalue weighted by Crippen LogP contribution is -2.21. The van der Waals surface area contributed by atoms with Crippen molar-refractivity contribution in [3.63, 3.8) is 0 Å². The molecule has 0 bridgehead atoms. The van der Waals surface area contributed by atoms with Crippen LogP contribution in [0.2, 0.25) is 0 Å². The van der Waals surface area contributed by atoms with E-state index >= 15 is 0 Å². The highest BCUT2D eigenvalue weighted by molar-refractivity contribution is 7.16. The molecule has 5 nitrogen and oxygen atoms in total. The quantitative estimate of drug-likeness (QED) is 0.675. The second-order valence-corrected chi connectivity index (χ2v) is 6.02. The number of Topliss-reactive ketones (excluding diaryl/α,β-unsaturated/α-hetero) is 1. The van der Waals surface area contributed by atoms with Crippen molar-refractivity contribution in [1.29, 1.82) is 0 Å². The van der Waals surface area contributed by atoms with Gasteiger partial charge in [0.05, 0.1) is 24.9 Å². The third-order valence-electron chi connectivity index (χ3n) is 3.56. The SMILES string of the molecule is CCOc1ccc(C(C)=O)cc1Cn1cnc2sccc2c1=O. The minimum absolute atomic E-state index is 0.0203. The van der Waals surface area contributed by atoms with Crippen molar-refractivity contribution in [3.8, 4) is 5.75 Å². The molecular weight excluding hydrogens is 312 g/mol. The number of ketones is 1. The third kappa shape index (κ3) is 3.03. The number of nitrogens with zero attached hydrogens (tertiary/aromatic N) is 2. The molecule has 2 aromatic heterocycles. The molecule has 0 atom stereocenters. The molecule has 3 aromatic rings. The summed E-state index contributed by atoms with van der Waals surface area (Å²) in [5.41, 5.74) is 1.30. The van der Waals surface area contributed by atoms with Gasteiger partial charge < -0.3 is 4.74 Å². The van der Waals surface area contributed by atoms with Gasteiger partial charge >= 0.3 is 0 Å². The van der Waals surface area contributed by atoms with E-state index in [9.17, 15) is 9.59 Å². The van der Waals surface area contributed by atoms with Crippen LogP contribution < -0.4 is 10.3 Å². The van der Waals surface area contributed by atoms with Crippen LogP contribution in [0.15, 0.2) is 40.8 Å². The molecule has 0 saturated heterocycles. The highest BCUT2D eigenvalue weighted by Crippen LogP contribution is 2.22. The van der Waals surface area contributed by atoms with Gasteiger partial charge in [0.1, 0.15) is 10.6 Å². The monoisotopic (exact) mass is 328 g/mol. The van der Waals surface area contributed by atoms with Gasteiger partial charge in [-0.15, -0.1) is 11.3 Å². The molecule has 0 saturated carbocycles. The first-order chi connectivity index (χ1) is 11.1. The lowest BCUT2D eigenvalue weighted by Gasteiger charge is -2.12. The van der Waals surface area contributed by atoms with Crippen LogP contribution in [-0.2, 0) is 6.54 Å². The lowest BCUT2D eigenvalue weighted by molar-refractivity contribution is 0.101. The fraction of sp³-hybridized carbons (Fsp3) is 0.235. The first-order valence-corrected chi connectivity index (χ1v) is 8.17. The first kappa shape index (κ1) is 15.4. The van der Waals surface area contributed by atoms with E-state index in [4.69, 9.17) is 4.74 Å². The summed E-state index contributed by atoms with van der Waals surface area (Å²) in [4.78, 5) is 29.1. The molecule has 2 heterocycles. The van der Waals surface area contributed by atoms with E-state index in [1.54, 1.807) is 24.3 Å². The van der Waals surface area contributed by atoms with Crippen molar-refractivity contribution < 1.29 is 9.53 Å². The Morgan fingerprint density at radius 2 is 2.17 bits per heavy atom. The van der Waals surface area contributed by atoms with Crippen molar-refractivity contribution >= 4 is 27.3 Å². The third-order valence-corrected chi connectivity index (χ3v) is 4.38. The number of thiophene rings is 1. The minimum Gasteiger partial charge on any atom is -0.494 e. The Labute approximate surface area is 137 Å². The maximum Gasteiger partial charge on any atom is 0.262 e. The van der Waals surface area contributed by atoms with Gasteiger partial charge in [0.15, 0.2) is 5.78 Å². The number of rotatable bonds is 5. The van der Waals surface area contributed by atoms with Crippen molar-refractivity contribution in [3.05, 3.63) is 57.5 Å². The van der Waals surface area contributed by atoms with E-state index in [-0.39, 0.29) is 11.3 Å². The molecular formula is C17H16N2O3S. The Morgan fingerprint density at radius 1 is 1.35 bits per heavy atom. The molecule has 0 radical (unpaired) electrons. The van der Waals surface area contributed by atoms with Gasteiger partial charge in [-0.05, 0) is 43.5 Å². The van der Waals surface area contributed by atoms with Gasteiger partial charge in [-0.3, -0.25) is 14.2 Å². The number of fused-ring (bicyclic) bond motifs is 1. The lowest BCUT2D eigenvalue weighted by atomic mass is 10.1. The number of benzene rings is 1. The fourth-order valence-corrected chi connectivity index (χ4v) is 3.13. The Hall–Kier alpha value is -2.47. The molecule has 0 aliphatic rings. The van der Waals surface area contributed by atoms with Crippen LogP contribution in [0, 0.1) is 0 Å². The zero-order valence-electron chi connectivity index (χ0n) is 12.9. The van der Waals surface area contributed by atoms with Crippen LogP contribution in [0.1, 0.15) is 29.8 Å². The fourth-order valence-electron chi connectivity index (χ4n) is 2.41. The van der Waals surface area contributed by atoms with Crippen molar-refractivity contribution in [2.75, 3.05) is 6.61 Å². The molecule has 0 amide bonds. The molecule has 0 fully saturated rings. The van der Waals surface area contributed by atoms with E-state index < -0.39 is 0 Å². The summed E-state index contributed by atoms with van der Waals surface area (Å²) in [7, 11) is 0. The largest absolute Gasteiger partial charge is 0.494 e. The van der Waals surface area contributed by atoms with Gasteiger partial charge in [-0.1, -0.05) is 0 Å². The van der Waals surface area contributed by atoms with Crippen LogP contribution in [0.5, 0.6) is 5.75 Å². The predicted molar refractivity (Wildman–Crippen MR) is 90.6 cm³/mol. The average Bonchev–Trinajstić information content (AvgIpc) is 3.01. The molecule has 0 spiro atoms. The normalized spacial score (nSPS) is 10.9. The molecule has 23 heavy (non-hydrogen) atoms. The van der Waals surface area contributed by atoms with Gasteiger partial charge in [0.25, 0.3) is 5.56 Å². The summed E-state index contributed by atoms with van der Waals surface area (Å²) in [6.45, 7) is 4.25. The van der Waals surface area contributed by atoms with E-state index in [1.807, 2.05) is 12.3 Å². The van der Waals surface area contributed by atoms with Gasteiger partial charge in [-0.2, -0.15) is 0 Å². The number of aromatic nitrogens is 2. The number of ether oxygens (including phenoxy) is 1. The van der Waals surface area contributed by atoms with Gasteiger partial charge in [-0.25, -0.2) is 4.98 Å². The Kier molecular flexibility index (Phi) is 4.25. The maximum atomic E-state index is 12.5. The second kappa shape index (κ2) is 6.34. The van der Waals surface area contributed by atoms with E-state index in [0.29, 0.717) is 29.9 Å². The molecule has 1 aromatic carbocycles. The van der Waals surface area contributed by atoms with E-state index in [2.05, 4.69) is 4.98 Å². The summed E-state index contributed by atoms with van der Waals surface area (Å²) in [5.74, 6) is 0.655. The van der Waals surface area contributed by atoms with Gasteiger partial charge in [0, 0.05) is 11.1 Å². The summed E-state index contributed by atoms with van der Waals surface area (Å²) in [6.07, 6.45) is 1.54. The van der Waals surface area contributed by atoms with Crippen molar-refractivity contribution in [2.45, 2.75) is 20.4 Å². The van der Waals surface area contributed by atoms with E-state index in [1.165, 1.54) is 29.2 Å². The molecule has 118 valence electrons. The summed E-state index contributed by atoms with van der Waals surface area (Å²) in [5, 5.41) is 2.46. The summed E-state index contributed by atoms with van der Waals surface area (Å²) < 4.78 is 7.15. The molecule has 0 aliphatic carbocycles. The Balaban J connectivity index is 2.05. The zero-order chi connectivity index (χ0) is 16.4. The summed E-state index contributed by atoms with van der Waals surface area (Å²) in [6, 6.07) is 7.07. The zero-order valence-corrected chi connectivity index (χ0v) is 13.7. The highest BCUT2D eigenvalue weighted by atomic mass is 32.1. The maximum absolute atomic E-state index is 12.5. The van der Waals surface area contributed by atoms with Crippen LogP contribution in [0.25, 0.3) is 10.2 Å². The molecule has 0 unspecified atom stereocenters. The number of carbonyl (C=O) groups excluding carboxylic acids is 1. The number of hydrogen-bond acceptors (Lipinski definition) is 5. The van der Waals surface area contributed by atoms with Crippen LogP contribution in [-0.4, -0.2) is 21.9 Å². The number of carbonyl (C=O) groups is 1. The van der Waals surface area contributed by atoms with Crippen molar-refractivity contribution in [2.24, 2.45) is 0 Å². The molecule has 6 heteroatoms. The standard InChI is InChI=1S/C17H16N2O3S/c1-3-22-15-5-4-12(11(2)20)8-13(15)9-19-10-18-16-14(17(19)21)6-7-23-16/h4-8,10H,3,9H2,1-2H3. The Bertz CT molecular complexity index is 927. The van der Waals surface area contributed by atoms with E-state index in [0.717, 1.165) is 10.4 Å². The highest BCUT2D eigenvalue weighted by Gasteiger charge is 2.11.